The van der Waals surface area contributed by atoms with Crippen LogP contribution in [0.3, 0.4) is 0 Å². The molecule has 5 nitrogen and oxygen atoms in total. The van der Waals surface area contributed by atoms with Crippen LogP contribution in [0.25, 0.3) is 0 Å². The summed E-state index contributed by atoms with van der Waals surface area (Å²) >= 11 is 0. The predicted molar refractivity (Wildman–Crippen MR) is 123 cm³/mol. The molecule has 3 aromatic carbocycles. The van der Waals surface area contributed by atoms with E-state index in [4.69, 9.17) is 9.47 Å². The Morgan fingerprint density at radius 2 is 1.74 bits per heavy atom. The summed E-state index contributed by atoms with van der Waals surface area (Å²) in [5.74, 6) is 1.41. The Labute approximate surface area is 183 Å². The lowest BCUT2D eigenvalue weighted by Gasteiger charge is -2.38. The average molecular weight is 417 g/mol. The fourth-order valence-corrected chi connectivity index (χ4v) is 3.92. The molecule has 5 heteroatoms. The molecule has 1 N–H and O–H groups in total. The lowest BCUT2D eigenvalue weighted by atomic mass is 10.0. The number of benzene rings is 3. The number of carbonyl (C=O) groups is 1. The van der Waals surface area contributed by atoms with E-state index < -0.39 is 0 Å². The number of anilines is 1. The van der Waals surface area contributed by atoms with Gasteiger partial charge in [0.2, 0.25) is 0 Å². The Morgan fingerprint density at radius 1 is 0.968 bits per heavy atom. The van der Waals surface area contributed by atoms with E-state index in [1.54, 1.807) is 7.11 Å². The first-order valence-electron chi connectivity index (χ1n) is 10.7. The number of rotatable bonds is 8. The number of carbonyl (C=O) groups excluding carboxylic acids is 1. The molecule has 0 radical (unpaired) electrons. The van der Waals surface area contributed by atoms with Crippen LogP contribution in [-0.2, 0) is 6.42 Å². The second-order valence-corrected chi connectivity index (χ2v) is 7.59. The third kappa shape index (κ3) is 4.50. The fourth-order valence-electron chi connectivity index (χ4n) is 3.92. The molecule has 160 valence electrons. The molecule has 1 aliphatic rings. The number of nitrogens with zero attached hydrogens (tertiary/aromatic N) is 1. The molecule has 0 bridgehead atoms. The number of ether oxygens (including phenoxy) is 2. The van der Waals surface area contributed by atoms with Crippen molar-refractivity contribution >= 4 is 11.6 Å². The Morgan fingerprint density at radius 3 is 2.52 bits per heavy atom. The fraction of sp³-hybridized carbons (Fsp3) is 0.269. The number of nitrogens with one attached hydrogen (secondary N) is 1. The number of para-hydroxylation sites is 1. The van der Waals surface area contributed by atoms with Gasteiger partial charge in [-0.05, 0) is 41.8 Å². The molecule has 0 aliphatic carbocycles. The zero-order valence-corrected chi connectivity index (χ0v) is 18.0. The summed E-state index contributed by atoms with van der Waals surface area (Å²) in [5, 5.41) is 3.52. The van der Waals surface area contributed by atoms with Crippen molar-refractivity contribution in [3.8, 4) is 11.5 Å². The van der Waals surface area contributed by atoms with Crippen molar-refractivity contribution in [1.82, 2.24) is 4.90 Å². The van der Waals surface area contributed by atoms with E-state index in [2.05, 4.69) is 24.4 Å². The van der Waals surface area contributed by atoms with Gasteiger partial charge in [-0.1, -0.05) is 55.5 Å². The third-order valence-corrected chi connectivity index (χ3v) is 5.48. The summed E-state index contributed by atoms with van der Waals surface area (Å²) in [6, 6.07) is 23.8. The van der Waals surface area contributed by atoms with Crippen molar-refractivity contribution < 1.29 is 14.3 Å². The topological polar surface area (TPSA) is 50.8 Å². The Hall–Kier alpha value is -3.47. The summed E-state index contributed by atoms with van der Waals surface area (Å²) in [5.41, 5.74) is 3.76. The normalized spacial score (nSPS) is 15.2. The van der Waals surface area contributed by atoms with Crippen LogP contribution in [0.15, 0.2) is 72.8 Å². The maximum Gasteiger partial charge on any atom is 0.257 e. The lowest BCUT2D eigenvalue weighted by molar-refractivity contribution is 0.0683. The minimum absolute atomic E-state index is 0.0448. The van der Waals surface area contributed by atoms with Crippen molar-refractivity contribution in [2.75, 3.05) is 25.6 Å². The second kappa shape index (κ2) is 9.56. The first-order chi connectivity index (χ1) is 15.2. The lowest BCUT2D eigenvalue weighted by Crippen LogP contribution is -2.43. The molecule has 1 amide bonds. The molecule has 1 aliphatic heterocycles. The van der Waals surface area contributed by atoms with Gasteiger partial charge < -0.3 is 19.7 Å². The smallest absolute Gasteiger partial charge is 0.257 e. The van der Waals surface area contributed by atoms with Gasteiger partial charge in [-0.15, -0.1) is 0 Å². The van der Waals surface area contributed by atoms with Crippen LogP contribution in [0.4, 0.5) is 5.69 Å². The molecule has 3 aromatic rings. The van der Waals surface area contributed by atoms with E-state index in [0.717, 1.165) is 24.1 Å². The molecule has 0 saturated carbocycles. The zero-order chi connectivity index (χ0) is 21.6. The highest BCUT2D eigenvalue weighted by Gasteiger charge is 2.32. The van der Waals surface area contributed by atoms with Gasteiger partial charge in [-0.2, -0.15) is 0 Å². The van der Waals surface area contributed by atoms with Crippen molar-refractivity contribution in [2.45, 2.75) is 25.9 Å². The molecule has 1 heterocycles. The quantitative estimate of drug-likeness (QED) is 0.542. The van der Waals surface area contributed by atoms with Gasteiger partial charge in [0, 0.05) is 18.7 Å². The molecule has 0 fully saturated rings. The first-order valence-corrected chi connectivity index (χ1v) is 10.7. The van der Waals surface area contributed by atoms with Crippen LogP contribution < -0.4 is 14.8 Å². The van der Waals surface area contributed by atoms with Crippen LogP contribution >= 0.6 is 0 Å². The van der Waals surface area contributed by atoms with Crippen LogP contribution in [0.5, 0.6) is 11.5 Å². The minimum atomic E-state index is -0.255. The van der Waals surface area contributed by atoms with Crippen LogP contribution in [0.2, 0.25) is 0 Å². The second-order valence-electron chi connectivity index (χ2n) is 7.59. The largest absolute Gasteiger partial charge is 0.493 e. The van der Waals surface area contributed by atoms with E-state index in [1.165, 1.54) is 5.56 Å². The van der Waals surface area contributed by atoms with Crippen molar-refractivity contribution in [2.24, 2.45) is 0 Å². The number of amides is 1. The van der Waals surface area contributed by atoms with E-state index in [0.29, 0.717) is 30.2 Å². The molecule has 4 rings (SSSR count). The molecular formula is C26H28N2O3. The molecule has 1 atom stereocenters. The number of hydrogen-bond acceptors (Lipinski definition) is 4. The van der Waals surface area contributed by atoms with Crippen LogP contribution in [-0.4, -0.2) is 31.1 Å². The number of hydrogen-bond donors (Lipinski definition) is 1. The Kier molecular flexibility index (Phi) is 6.41. The Bertz CT molecular complexity index is 1040. The molecular weight excluding hydrogens is 388 g/mol. The number of fused-ring (bicyclic) bond motifs is 1. The first kappa shape index (κ1) is 20.8. The highest BCUT2D eigenvalue weighted by atomic mass is 16.5. The van der Waals surface area contributed by atoms with E-state index in [9.17, 15) is 4.79 Å². The summed E-state index contributed by atoms with van der Waals surface area (Å²) < 4.78 is 11.6. The van der Waals surface area contributed by atoms with Crippen LogP contribution in [0.1, 0.15) is 41.0 Å². The van der Waals surface area contributed by atoms with Gasteiger partial charge >= 0.3 is 0 Å². The van der Waals surface area contributed by atoms with Gasteiger partial charge in [0.15, 0.2) is 11.5 Å². The summed E-state index contributed by atoms with van der Waals surface area (Å²) in [7, 11) is 1.64. The van der Waals surface area contributed by atoms with Crippen molar-refractivity contribution in [3.05, 3.63) is 89.5 Å². The predicted octanol–water partition coefficient (Wildman–Crippen LogP) is 5.29. The van der Waals surface area contributed by atoms with E-state index in [1.807, 2.05) is 65.6 Å². The maximum absolute atomic E-state index is 13.1. The molecule has 0 aromatic heterocycles. The zero-order valence-electron chi connectivity index (χ0n) is 18.0. The highest BCUT2D eigenvalue weighted by Crippen LogP contribution is 2.37. The van der Waals surface area contributed by atoms with Gasteiger partial charge in [0.05, 0.1) is 19.3 Å². The van der Waals surface area contributed by atoms with Gasteiger partial charge in [0.1, 0.15) is 6.17 Å². The van der Waals surface area contributed by atoms with Gasteiger partial charge in [-0.25, -0.2) is 0 Å². The summed E-state index contributed by atoms with van der Waals surface area (Å²) in [4.78, 5) is 15.0. The number of methoxy groups -OCH3 is 1. The van der Waals surface area contributed by atoms with Gasteiger partial charge in [-0.3, -0.25) is 4.79 Å². The van der Waals surface area contributed by atoms with E-state index in [-0.39, 0.29) is 12.1 Å². The SMILES string of the molecule is CCCN1C(=O)c2ccccc2NC1c1ccc(OCCc2ccccc2)c(OC)c1. The molecule has 0 spiro atoms. The molecule has 1 unspecified atom stereocenters. The van der Waals surface area contributed by atoms with Crippen LogP contribution in [0, 0.1) is 0 Å². The van der Waals surface area contributed by atoms with Crippen molar-refractivity contribution in [3.63, 3.8) is 0 Å². The monoisotopic (exact) mass is 416 g/mol. The van der Waals surface area contributed by atoms with Crippen molar-refractivity contribution in [1.29, 1.82) is 0 Å². The minimum Gasteiger partial charge on any atom is -0.493 e. The summed E-state index contributed by atoms with van der Waals surface area (Å²) in [6.07, 6.45) is 1.45. The highest BCUT2D eigenvalue weighted by molar-refractivity contribution is 6.01. The Balaban J connectivity index is 1.55. The molecule has 31 heavy (non-hydrogen) atoms. The molecule has 0 saturated heterocycles. The average Bonchev–Trinajstić information content (AvgIpc) is 2.82. The summed E-state index contributed by atoms with van der Waals surface area (Å²) in [6.45, 7) is 3.31. The maximum atomic E-state index is 13.1. The van der Waals surface area contributed by atoms with Gasteiger partial charge in [0.25, 0.3) is 5.91 Å². The standard InChI is InChI=1S/C26H28N2O3/c1-3-16-28-25(27-22-12-8-7-11-21(22)26(28)29)20-13-14-23(24(18-20)30-2)31-17-15-19-9-5-4-6-10-19/h4-14,18,25,27H,3,15-17H2,1-2H3. The third-order valence-electron chi connectivity index (χ3n) is 5.48. The van der Waals surface area contributed by atoms with E-state index >= 15 is 0 Å².